The highest BCUT2D eigenvalue weighted by Crippen LogP contribution is 2.12. The van der Waals surface area contributed by atoms with Gasteiger partial charge in [0, 0.05) is 43.4 Å². The molecule has 1 aliphatic rings. The Labute approximate surface area is 102 Å². The summed E-state index contributed by atoms with van der Waals surface area (Å²) in [5, 5.41) is 10.6. The smallest absolute Gasteiger partial charge is 0.220 e. The molecule has 0 aromatic carbocycles. The number of carbonyl (C=O) groups excluding carboxylic acids is 1. The summed E-state index contributed by atoms with van der Waals surface area (Å²) in [6, 6.07) is 0.555. The molecule has 17 heavy (non-hydrogen) atoms. The summed E-state index contributed by atoms with van der Waals surface area (Å²) in [6.45, 7) is 5.91. The number of rotatable bonds is 5. The Bertz CT molecular complexity index is 388. The van der Waals surface area contributed by atoms with E-state index in [9.17, 15) is 4.79 Å². The number of hydrogen-bond acceptors (Lipinski definition) is 3. The van der Waals surface area contributed by atoms with Crippen molar-refractivity contribution in [3.63, 3.8) is 0 Å². The molecule has 2 N–H and O–H groups in total. The Morgan fingerprint density at radius 2 is 2.53 bits per heavy atom. The van der Waals surface area contributed by atoms with Crippen LogP contribution in [0.1, 0.15) is 38.3 Å². The highest BCUT2D eigenvalue weighted by Gasteiger charge is 2.21. The van der Waals surface area contributed by atoms with E-state index in [1.165, 1.54) is 5.56 Å². The van der Waals surface area contributed by atoms with Crippen LogP contribution in [0.2, 0.25) is 0 Å². The Morgan fingerprint density at radius 1 is 1.71 bits per heavy atom. The summed E-state index contributed by atoms with van der Waals surface area (Å²) in [5.41, 5.74) is 1.19. The molecular weight excluding hydrogens is 216 g/mol. The summed E-state index contributed by atoms with van der Waals surface area (Å²) in [7, 11) is 0. The van der Waals surface area contributed by atoms with Crippen LogP contribution < -0.4 is 10.6 Å². The molecule has 1 aromatic rings. The summed E-state index contributed by atoms with van der Waals surface area (Å²) in [6.07, 6.45) is 5.56. The van der Waals surface area contributed by atoms with Crippen molar-refractivity contribution in [2.45, 2.75) is 45.3 Å². The van der Waals surface area contributed by atoms with Gasteiger partial charge in [0.1, 0.15) is 0 Å². The van der Waals surface area contributed by atoms with Crippen molar-refractivity contribution in [3.8, 4) is 0 Å². The Morgan fingerprint density at radius 3 is 3.12 bits per heavy atom. The molecule has 5 heteroatoms. The van der Waals surface area contributed by atoms with Crippen LogP contribution in [0.25, 0.3) is 0 Å². The lowest BCUT2D eigenvalue weighted by molar-refractivity contribution is -0.119. The van der Waals surface area contributed by atoms with Gasteiger partial charge in [-0.2, -0.15) is 5.10 Å². The van der Waals surface area contributed by atoms with Crippen LogP contribution in [-0.4, -0.2) is 28.3 Å². The topological polar surface area (TPSA) is 59.0 Å². The Balaban J connectivity index is 1.80. The van der Waals surface area contributed by atoms with Gasteiger partial charge < -0.3 is 10.6 Å². The summed E-state index contributed by atoms with van der Waals surface area (Å²) < 4.78 is 1.92. The number of amides is 1. The average molecular weight is 236 g/mol. The molecule has 0 aliphatic carbocycles. The molecule has 0 radical (unpaired) electrons. The third-order valence-electron chi connectivity index (χ3n) is 3.23. The van der Waals surface area contributed by atoms with Crippen molar-refractivity contribution < 1.29 is 4.79 Å². The summed E-state index contributed by atoms with van der Waals surface area (Å²) in [4.78, 5) is 11.1. The summed E-state index contributed by atoms with van der Waals surface area (Å²) in [5.74, 6) is 0.170. The van der Waals surface area contributed by atoms with E-state index in [1.807, 2.05) is 10.9 Å². The van der Waals surface area contributed by atoms with Crippen molar-refractivity contribution in [2.24, 2.45) is 0 Å². The minimum absolute atomic E-state index is 0.170. The second kappa shape index (κ2) is 5.31. The predicted octanol–water partition coefficient (Wildman–Crippen LogP) is 0.832. The molecule has 1 amide bonds. The SMILES string of the molecule is CCn1cc(C(C)NCC2CCC(=O)N2)cn1. The molecule has 2 unspecified atom stereocenters. The zero-order valence-electron chi connectivity index (χ0n) is 10.4. The van der Waals surface area contributed by atoms with Gasteiger partial charge in [-0.1, -0.05) is 0 Å². The minimum atomic E-state index is 0.170. The first-order chi connectivity index (χ1) is 8.19. The van der Waals surface area contributed by atoms with Gasteiger partial charge in [-0.25, -0.2) is 0 Å². The Kier molecular flexibility index (Phi) is 3.78. The lowest BCUT2D eigenvalue weighted by Crippen LogP contribution is -2.36. The van der Waals surface area contributed by atoms with E-state index in [0.29, 0.717) is 6.42 Å². The van der Waals surface area contributed by atoms with Gasteiger partial charge in [0.05, 0.1) is 6.20 Å². The third kappa shape index (κ3) is 3.06. The van der Waals surface area contributed by atoms with E-state index in [2.05, 4.69) is 35.8 Å². The molecule has 0 saturated carbocycles. The van der Waals surface area contributed by atoms with Crippen molar-refractivity contribution in [1.82, 2.24) is 20.4 Å². The lowest BCUT2D eigenvalue weighted by Gasteiger charge is -2.16. The first-order valence-corrected chi connectivity index (χ1v) is 6.24. The molecule has 94 valence electrons. The van der Waals surface area contributed by atoms with Crippen LogP contribution in [0, 0.1) is 0 Å². The van der Waals surface area contributed by atoms with Crippen LogP contribution >= 0.6 is 0 Å². The van der Waals surface area contributed by atoms with Crippen molar-refractivity contribution in [3.05, 3.63) is 18.0 Å². The predicted molar refractivity (Wildman–Crippen MR) is 65.5 cm³/mol. The van der Waals surface area contributed by atoms with Crippen LogP contribution in [0.15, 0.2) is 12.4 Å². The number of carbonyl (C=O) groups is 1. The number of aryl methyl sites for hydroxylation is 1. The fourth-order valence-electron chi connectivity index (χ4n) is 2.04. The average Bonchev–Trinajstić information content (AvgIpc) is 2.94. The highest BCUT2D eigenvalue weighted by molar-refractivity contribution is 5.78. The zero-order chi connectivity index (χ0) is 12.3. The van der Waals surface area contributed by atoms with Crippen molar-refractivity contribution >= 4 is 5.91 Å². The van der Waals surface area contributed by atoms with Gasteiger partial charge in [0.25, 0.3) is 0 Å². The molecule has 0 spiro atoms. The van der Waals surface area contributed by atoms with Gasteiger partial charge in [-0.15, -0.1) is 0 Å². The van der Waals surface area contributed by atoms with E-state index in [4.69, 9.17) is 0 Å². The second-order valence-corrected chi connectivity index (χ2v) is 4.56. The lowest BCUT2D eigenvalue weighted by atomic mass is 10.1. The van der Waals surface area contributed by atoms with Gasteiger partial charge in [0.2, 0.25) is 5.91 Å². The Hall–Kier alpha value is -1.36. The van der Waals surface area contributed by atoms with Crippen molar-refractivity contribution in [1.29, 1.82) is 0 Å². The monoisotopic (exact) mass is 236 g/mol. The van der Waals surface area contributed by atoms with E-state index < -0.39 is 0 Å². The standard InChI is InChI=1S/C12H20N4O/c1-3-16-8-10(6-14-16)9(2)13-7-11-4-5-12(17)15-11/h6,8-9,11,13H,3-5,7H2,1-2H3,(H,15,17). The molecule has 2 atom stereocenters. The third-order valence-corrected chi connectivity index (χ3v) is 3.23. The first-order valence-electron chi connectivity index (χ1n) is 6.24. The first kappa shape index (κ1) is 12.1. The molecule has 5 nitrogen and oxygen atoms in total. The van der Waals surface area contributed by atoms with Gasteiger partial charge >= 0.3 is 0 Å². The molecule has 0 bridgehead atoms. The largest absolute Gasteiger partial charge is 0.352 e. The second-order valence-electron chi connectivity index (χ2n) is 4.56. The molecule has 1 fully saturated rings. The van der Waals surface area contributed by atoms with Gasteiger partial charge in [0.15, 0.2) is 0 Å². The molecule has 1 aliphatic heterocycles. The van der Waals surface area contributed by atoms with Gasteiger partial charge in [-0.05, 0) is 20.3 Å². The van der Waals surface area contributed by atoms with E-state index in [0.717, 1.165) is 19.5 Å². The zero-order valence-corrected chi connectivity index (χ0v) is 10.4. The number of nitrogens with one attached hydrogen (secondary N) is 2. The maximum Gasteiger partial charge on any atom is 0.220 e. The quantitative estimate of drug-likeness (QED) is 0.796. The normalized spacial score (nSPS) is 21.5. The molecule has 1 aromatic heterocycles. The van der Waals surface area contributed by atoms with E-state index in [1.54, 1.807) is 0 Å². The summed E-state index contributed by atoms with van der Waals surface area (Å²) >= 11 is 0. The molecule has 1 saturated heterocycles. The van der Waals surface area contributed by atoms with Crippen LogP contribution in [0.3, 0.4) is 0 Å². The molecule has 2 rings (SSSR count). The minimum Gasteiger partial charge on any atom is -0.352 e. The van der Waals surface area contributed by atoms with Crippen molar-refractivity contribution in [2.75, 3.05) is 6.54 Å². The van der Waals surface area contributed by atoms with Crippen LogP contribution in [0.4, 0.5) is 0 Å². The molecular formula is C12H20N4O. The highest BCUT2D eigenvalue weighted by atomic mass is 16.1. The van der Waals surface area contributed by atoms with Gasteiger partial charge in [-0.3, -0.25) is 9.48 Å². The maximum atomic E-state index is 11.1. The number of hydrogen-bond donors (Lipinski definition) is 2. The number of aromatic nitrogens is 2. The van der Waals surface area contributed by atoms with Crippen LogP contribution in [0.5, 0.6) is 0 Å². The fraction of sp³-hybridized carbons (Fsp3) is 0.667. The fourth-order valence-corrected chi connectivity index (χ4v) is 2.04. The maximum absolute atomic E-state index is 11.1. The molecule has 2 heterocycles. The van der Waals surface area contributed by atoms with Crippen LogP contribution in [-0.2, 0) is 11.3 Å². The number of nitrogens with zero attached hydrogens (tertiary/aromatic N) is 2. The van der Waals surface area contributed by atoms with E-state index in [-0.39, 0.29) is 18.0 Å². The van der Waals surface area contributed by atoms with E-state index >= 15 is 0 Å².